The van der Waals surface area contributed by atoms with Gasteiger partial charge in [0.15, 0.2) is 12.4 Å². The predicted molar refractivity (Wildman–Crippen MR) is 138 cm³/mol. The summed E-state index contributed by atoms with van der Waals surface area (Å²) in [4.78, 5) is 50.9. The number of fused-ring (bicyclic) bond motifs is 1. The van der Waals surface area contributed by atoms with Crippen molar-refractivity contribution in [1.82, 2.24) is 14.5 Å². The number of amidine groups is 1. The number of hydrogen-bond acceptors (Lipinski definition) is 15. The zero-order chi connectivity index (χ0) is 27.9. The van der Waals surface area contributed by atoms with Gasteiger partial charge in [0.2, 0.25) is 0 Å². The van der Waals surface area contributed by atoms with E-state index in [-0.39, 0.29) is 13.0 Å². The third kappa shape index (κ3) is 5.62. The van der Waals surface area contributed by atoms with E-state index in [1.54, 1.807) is 11.2 Å². The molecule has 0 aliphatic carbocycles. The molecule has 0 bridgehead atoms. The molecule has 214 valence electrons. The number of nitrogens with two attached hydrogens (primary N) is 1. The highest BCUT2D eigenvalue weighted by Crippen LogP contribution is 2.49. The first-order valence-corrected chi connectivity index (χ1v) is 14.5. The van der Waals surface area contributed by atoms with Crippen LogP contribution < -0.4 is 17.0 Å². The molecular formula is C20H28N7O10PS. The minimum Gasteiger partial charge on any atom is -0.394 e. The molecule has 0 amide bonds. The monoisotopic (exact) mass is 589 g/mol. The molecule has 6 N–H and O–H groups in total. The summed E-state index contributed by atoms with van der Waals surface area (Å²) in [5, 5.41) is 20.4. The summed E-state index contributed by atoms with van der Waals surface area (Å²) < 4.78 is 29.4. The average Bonchev–Trinajstić information content (AvgIpc) is 3.58. The standard InChI is InChI=1S/C20H28N7O10PS/c1-33-16-15(10(5-28)36-19(16)26-3-2-12(30)25-20(26)31)37-38(32,39)34-6-11-9(29)4-13(35-11)27-8-24-14-17(21)22-7-23-18(14)27/h2-3,7-11,13-16,18-19,28-29H,4-6H2,1H3,(H,32,39)(H2,21,22,23)(H,25,30,31)/t9-,10+,11+,13+,14+,15?,16?,18?,19+,38?/m0/s1. The minimum absolute atomic E-state index is 0.204. The SMILES string of the molecule is COC1C(OP(O)(=S)OC[C@H]2O[C@@H](N3C=N[C@@H]4C(N)=NC=NC43)C[C@@H]2O)[C@@H](CO)O[C@H]1n1ccc(=O)[nH]c1=O. The van der Waals surface area contributed by atoms with Crippen molar-refractivity contribution in [2.75, 3.05) is 20.3 Å². The quantitative estimate of drug-likeness (QED) is 0.181. The fourth-order valence-electron chi connectivity index (χ4n) is 4.82. The van der Waals surface area contributed by atoms with Crippen LogP contribution in [-0.2, 0) is 35.1 Å². The number of aliphatic imine (C=N–C) groups is 3. The highest BCUT2D eigenvalue weighted by atomic mass is 32.5. The Morgan fingerprint density at radius 2 is 2.08 bits per heavy atom. The topological polar surface area (TPSA) is 228 Å². The van der Waals surface area contributed by atoms with Gasteiger partial charge < -0.3 is 44.5 Å². The lowest BCUT2D eigenvalue weighted by atomic mass is 10.1. The van der Waals surface area contributed by atoms with Gasteiger partial charge >= 0.3 is 12.4 Å². The molecule has 19 heteroatoms. The van der Waals surface area contributed by atoms with E-state index in [1.807, 2.05) is 0 Å². The minimum atomic E-state index is -4.01. The van der Waals surface area contributed by atoms with E-state index in [0.29, 0.717) is 5.84 Å². The maximum absolute atomic E-state index is 12.3. The van der Waals surface area contributed by atoms with Crippen molar-refractivity contribution < 1.29 is 38.4 Å². The summed E-state index contributed by atoms with van der Waals surface area (Å²) in [6.07, 6.45) is -2.87. The van der Waals surface area contributed by atoms with Gasteiger partial charge in [-0.15, -0.1) is 0 Å². The van der Waals surface area contributed by atoms with Crippen molar-refractivity contribution in [3.63, 3.8) is 0 Å². The van der Waals surface area contributed by atoms with Crippen molar-refractivity contribution in [2.24, 2.45) is 20.7 Å². The lowest BCUT2D eigenvalue weighted by Crippen LogP contribution is -2.47. The first-order valence-electron chi connectivity index (χ1n) is 11.9. The Kier molecular flexibility index (Phi) is 8.12. The largest absolute Gasteiger partial charge is 0.394 e. The number of ether oxygens (including phenoxy) is 3. The van der Waals surface area contributed by atoms with Crippen LogP contribution in [-0.4, -0.2) is 117 Å². The van der Waals surface area contributed by atoms with Crippen molar-refractivity contribution in [2.45, 2.75) is 61.6 Å². The first-order chi connectivity index (χ1) is 18.6. The number of hydrogen-bond donors (Lipinski definition) is 5. The van der Waals surface area contributed by atoms with Gasteiger partial charge in [0.25, 0.3) is 5.56 Å². The van der Waals surface area contributed by atoms with Gasteiger partial charge in [-0.2, -0.15) is 0 Å². The van der Waals surface area contributed by atoms with Crippen LogP contribution in [0.4, 0.5) is 0 Å². The molecular weight excluding hydrogens is 561 g/mol. The van der Waals surface area contributed by atoms with Crippen LogP contribution in [0.2, 0.25) is 0 Å². The van der Waals surface area contributed by atoms with Crippen LogP contribution >= 0.6 is 6.72 Å². The lowest BCUT2D eigenvalue weighted by Gasteiger charge is -2.30. The van der Waals surface area contributed by atoms with Crippen molar-refractivity contribution in [3.8, 4) is 0 Å². The second-order valence-corrected chi connectivity index (χ2v) is 11.9. The summed E-state index contributed by atoms with van der Waals surface area (Å²) in [6.45, 7) is -4.87. The Balaban J connectivity index is 1.22. The van der Waals surface area contributed by atoms with Gasteiger partial charge in [-0.3, -0.25) is 23.9 Å². The molecule has 10 atom stereocenters. The average molecular weight is 590 g/mol. The normalized spacial score (nSPS) is 37.2. The fourth-order valence-corrected chi connectivity index (χ4v) is 6.26. The lowest BCUT2D eigenvalue weighted by molar-refractivity contribution is -0.0644. The Morgan fingerprint density at radius 1 is 1.28 bits per heavy atom. The number of aliphatic hydroxyl groups is 2. The van der Waals surface area contributed by atoms with Crippen molar-refractivity contribution >= 4 is 37.0 Å². The molecule has 0 radical (unpaired) electrons. The molecule has 39 heavy (non-hydrogen) atoms. The maximum atomic E-state index is 12.3. The first kappa shape index (κ1) is 28.2. The molecule has 5 rings (SSSR count). The Bertz CT molecular complexity index is 1320. The zero-order valence-corrected chi connectivity index (χ0v) is 22.2. The number of nitrogens with zero attached hydrogens (tertiary/aromatic N) is 5. The van der Waals surface area contributed by atoms with Gasteiger partial charge in [0.05, 0.1) is 25.7 Å². The summed E-state index contributed by atoms with van der Waals surface area (Å²) in [7, 11) is 1.32. The van der Waals surface area contributed by atoms with Gasteiger partial charge in [-0.05, 0) is 11.8 Å². The predicted octanol–water partition coefficient (Wildman–Crippen LogP) is -3.03. The molecule has 0 saturated carbocycles. The Labute approximate surface area is 225 Å². The van der Waals surface area contributed by atoms with Gasteiger partial charge in [0.1, 0.15) is 48.9 Å². The van der Waals surface area contributed by atoms with Gasteiger partial charge in [0, 0.05) is 25.8 Å². The highest BCUT2D eigenvalue weighted by molar-refractivity contribution is 8.07. The molecule has 4 aliphatic rings. The van der Waals surface area contributed by atoms with E-state index in [1.165, 1.54) is 19.6 Å². The van der Waals surface area contributed by atoms with Crippen LogP contribution in [0.15, 0.2) is 36.8 Å². The molecule has 2 fully saturated rings. The number of aromatic nitrogens is 2. The molecule has 5 heterocycles. The number of aliphatic hydroxyl groups excluding tert-OH is 2. The van der Waals surface area contributed by atoms with E-state index in [2.05, 4.69) is 20.0 Å². The molecule has 0 aromatic carbocycles. The summed E-state index contributed by atoms with van der Waals surface area (Å²) in [5.74, 6) is 0.324. The highest BCUT2D eigenvalue weighted by Gasteiger charge is 2.50. The number of nitrogens with one attached hydrogen (secondary N) is 1. The van der Waals surface area contributed by atoms with Gasteiger partial charge in [-0.1, -0.05) is 0 Å². The zero-order valence-electron chi connectivity index (χ0n) is 20.5. The van der Waals surface area contributed by atoms with Crippen LogP contribution in [0.1, 0.15) is 12.6 Å². The van der Waals surface area contributed by atoms with E-state index in [9.17, 15) is 24.7 Å². The molecule has 17 nitrogen and oxygen atoms in total. The van der Waals surface area contributed by atoms with E-state index >= 15 is 0 Å². The molecule has 1 aromatic rings. The second-order valence-electron chi connectivity index (χ2n) is 9.12. The van der Waals surface area contributed by atoms with E-state index in [4.69, 9.17) is 40.8 Å². The number of rotatable bonds is 9. The molecule has 4 aliphatic heterocycles. The van der Waals surface area contributed by atoms with Crippen LogP contribution in [0.25, 0.3) is 0 Å². The maximum Gasteiger partial charge on any atom is 0.330 e. The summed E-state index contributed by atoms with van der Waals surface area (Å²) in [6, 6.07) is 0.678. The Morgan fingerprint density at radius 3 is 2.79 bits per heavy atom. The van der Waals surface area contributed by atoms with Crippen molar-refractivity contribution in [3.05, 3.63) is 33.1 Å². The number of H-pyrrole nitrogens is 1. The van der Waals surface area contributed by atoms with Crippen LogP contribution in [0, 0.1) is 0 Å². The third-order valence-electron chi connectivity index (χ3n) is 6.73. The summed E-state index contributed by atoms with van der Waals surface area (Å²) >= 11 is 5.18. The second kappa shape index (κ2) is 11.2. The van der Waals surface area contributed by atoms with Crippen LogP contribution in [0.5, 0.6) is 0 Å². The molecule has 0 spiro atoms. The smallest absolute Gasteiger partial charge is 0.330 e. The molecule has 4 unspecified atom stereocenters. The Hall–Kier alpha value is -2.38. The number of aromatic amines is 1. The van der Waals surface area contributed by atoms with Gasteiger partial charge in [-0.25, -0.2) is 14.8 Å². The molecule has 2 saturated heterocycles. The third-order valence-corrected chi connectivity index (χ3v) is 8.29. The van der Waals surface area contributed by atoms with Crippen molar-refractivity contribution in [1.29, 1.82) is 0 Å². The van der Waals surface area contributed by atoms with E-state index in [0.717, 1.165) is 10.6 Å². The molecule has 1 aromatic heterocycles. The van der Waals surface area contributed by atoms with Crippen LogP contribution in [0.3, 0.4) is 0 Å². The number of methoxy groups -OCH3 is 1. The fraction of sp³-hybridized carbons (Fsp3) is 0.650. The summed E-state index contributed by atoms with van der Waals surface area (Å²) in [5.41, 5.74) is 4.52. The van der Waals surface area contributed by atoms with E-state index < -0.39 is 79.8 Å².